The lowest BCUT2D eigenvalue weighted by Gasteiger charge is -2.29. The number of nitrogens with zero attached hydrogens (tertiary/aromatic N) is 3. The fourth-order valence-electron chi connectivity index (χ4n) is 4.35. The SMILES string of the molecule is CCOc1cccc(/C(O)=C2\C(=O)C(=O)N(CCCN3CCOCC3)C2c2ccncc2)c1. The van der Waals surface area contributed by atoms with Gasteiger partial charge in [-0.2, -0.15) is 0 Å². The average Bonchev–Trinajstić information content (AvgIpc) is 3.10. The molecule has 174 valence electrons. The van der Waals surface area contributed by atoms with Crippen LogP contribution in [0.1, 0.15) is 30.5 Å². The fraction of sp³-hybridized carbons (Fsp3) is 0.400. The van der Waals surface area contributed by atoms with Crippen molar-refractivity contribution in [1.82, 2.24) is 14.8 Å². The molecule has 1 atom stereocenters. The first-order valence-corrected chi connectivity index (χ1v) is 11.3. The molecule has 0 spiro atoms. The van der Waals surface area contributed by atoms with E-state index >= 15 is 0 Å². The van der Waals surface area contributed by atoms with E-state index in [1.165, 1.54) is 0 Å². The molecule has 1 amide bonds. The third-order valence-corrected chi connectivity index (χ3v) is 5.96. The molecule has 2 saturated heterocycles. The van der Waals surface area contributed by atoms with E-state index in [0.29, 0.717) is 44.1 Å². The number of hydrogen-bond acceptors (Lipinski definition) is 7. The molecule has 8 heteroatoms. The van der Waals surface area contributed by atoms with Gasteiger partial charge in [-0.1, -0.05) is 12.1 Å². The van der Waals surface area contributed by atoms with Crippen molar-refractivity contribution >= 4 is 17.4 Å². The number of carbonyl (C=O) groups excluding carboxylic acids is 2. The van der Waals surface area contributed by atoms with Crippen molar-refractivity contribution in [2.45, 2.75) is 19.4 Å². The Bertz CT molecular complexity index is 1020. The number of ether oxygens (including phenoxy) is 2. The van der Waals surface area contributed by atoms with E-state index in [2.05, 4.69) is 9.88 Å². The number of likely N-dealkylation sites (tertiary alicyclic amines) is 1. The van der Waals surface area contributed by atoms with E-state index in [-0.39, 0.29) is 11.3 Å². The first-order chi connectivity index (χ1) is 16.1. The Kier molecular flexibility index (Phi) is 7.36. The molecule has 1 aromatic heterocycles. The molecule has 3 heterocycles. The second kappa shape index (κ2) is 10.6. The van der Waals surface area contributed by atoms with Crippen LogP contribution in [0.15, 0.2) is 54.4 Å². The van der Waals surface area contributed by atoms with Crippen LogP contribution in [0.4, 0.5) is 0 Å². The molecule has 0 aliphatic carbocycles. The Labute approximate surface area is 193 Å². The lowest BCUT2D eigenvalue weighted by Crippen LogP contribution is -2.38. The summed E-state index contributed by atoms with van der Waals surface area (Å²) in [6.07, 6.45) is 3.96. The molecule has 1 unspecified atom stereocenters. The van der Waals surface area contributed by atoms with E-state index in [4.69, 9.17) is 9.47 Å². The number of aromatic nitrogens is 1. The predicted molar refractivity (Wildman–Crippen MR) is 123 cm³/mol. The molecule has 0 saturated carbocycles. The summed E-state index contributed by atoms with van der Waals surface area (Å²) >= 11 is 0. The number of pyridine rings is 1. The van der Waals surface area contributed by atoms with E-state index in [1.807, 2.05) is 6.92 Å². The lowest BCUT2D eigenvalue weighted by molar-refractivity contribution is -0.140. The van der Waals surface area contributed by atoms with E-state index in [0.717, 1.165) is 25.2 Å². The number of benzene rings is 1. The summed E-state index contributed by atoms with van der Waals surface area (Å²) < 4.78 is 10.9. The first kappa shape index (κ1) is 22.9. The van der Waals surface area contributed by atoms with Gasteiger partial charge in [0.1, 0.15) is 11.5 Å². The number of ketones is 1. The normalized spacial score (nSPS) is 20.9. The van der Waals surface area contributed by atoms with Crippen LogP contribution in [0.3, 0.4) is 0 Å². The summed E-state index contributed by atoms with van der Waals surface area (Å²) in [6, 6.07) is 9.78. The van der Waals surface area contributed by atoms with Gasteiger partial charge in [0.15, 0.2) is 0 Å². The number of hydrogen-bond donors (Lipinski definition) is 1. The summed E-state index contributed by atoms with van der Waals surface area (Å²) in [5, 5.41) is 11.2. The fourth-order valence-corrected chi connectivity index (χ4v) is 4.35. The summed E-state index contributed by atoms with van der Waals surface area (Å²) in [5.74, 6) is -0.891. The van der Waals surface area contributed by atoms with Gasteiger partial charge in [0.2, 0.25) is 0 Å². The van der Waals surface area contributed by atoms with Crippen LogP contribution >= 0.6 is 0 Å². The summed E-state index contributed by atoms with van der Waals surface area (Å²) in [4.78, 5) is 34.1. The zero-order valence-corrected chi connectivity index (χ0v) is 18.8. The molecular formula is C25H29N3O5. The van der Waals surface area contributed by atoms with Gasteiger partial charge in [0.25, 0.3) is 11.7 Å². The van der Waals surface area contributed by atoms with Crippen molar-refractivity contribution < 1.29 is 24.2 Å². The summed E-state index contributed by atoms with van der Waals surface area (Å²) in [5.41, 5.74) is 1.26. The van der Waals surface area contributed by atoms with Gasteiger partial charge in [-0.05, 0) is 43.2 Å². The van der Waals surface area contributed by atoms with Crippen LogP contribution in [0.2, 0.25) is 0 Å². The Morgan fingerprint density at radius 2 is 1.91 bits per heavy atom. The van der Waals surface area contributed by atoms with Crippen molar-refractivity contribution in [3.05, 3.63) is 65.5 Å². The lowest BCUT2D eigenvalue weighted by atomic mass is 9.96. The van der Waals surface area contributed by atoms with Crippen LogP contribution in [0.25, 0.3) is 5.76 Å². The number of Topliss-reactive ketones (excluding diaryl/α,β-unsaturated/α-hetero) is 1. The highest BCUT2D eigenvalue weighted by atomic mass is 16.5. The maximum atomic E-state index is 13.1. The molecule has 0 radical (unpaired) electrons. The molecule has 1 aromatic carbocycles. The van der Waals surface area contributed by atoms with Gasteiger partial charge in [0.05, 0.1) is 31.4 Å². The molecule has 4 rings (SSSR count). The highest BCUT2D eigenvalue weighted by Gasteiger charge is 2.45. The van der Waals surface area contributed by atoms with Crippen LogP contribution < -0.4 is 4.74 Å². The zero-order valence-electron chi connectivity index (χ0n) is 18.8. The second-order valence-corrected chi connectivity index (χ2v) is 8.04. The molecular weight excluding hydrogens is 422 g/mol. The van der Waals surface area contributed by atoms with Crippen molar-refractivity contribution in [2.24, 2.45) is 0 Å². The van der Waals surface area contributed by atoms with Crippen LogP contribution in [-0.2, 0) is 14.3 Å². The van der Waals surface area contributed by atoms with Gasteiger partial charge in [-0.3, -0.25) is 19.5 Å². The minimum atomic E-state index is -0.678. The van der Waals surface area contributed by atoms with Gasteiger partial charge >= 0.3 is 0 Å². The highest BCUT2D eigenvalue weighted by molar-refractivity contribution is 6.46. The van der Waals surface area contributed by atoms with Crippen molar-refractivity contribution in [3.8, 4) is 5.75 Å². The maximum Gasteiger partial charge on any atom is 0.295 e. The maximum absolute atomic E-state index is 13.1. The second-order valence-electron chi connectivity index (χ2n) is 8.04. The zero-order chi connectivity index (χ0) is 23.2. The molecule has 2 aliphatic rings. The molecule has 33 heavy (non-hydrogen) atoms. The molecule has 2 aliphatic heterocycles. The number of carbonyl (C=O) groups is 2. The van der Waals surface area contributed by atoms with E-state index in [9.17, 15) is 14.7 Å². The standard InChI is InChI=1S/C25H29N3O5/c1-2-33-20-6-3-5-19(17-20)23(29)21-22(18-7-9-26-10-8-18)28(25(31)24(21)30)12-4-11-27-13-15-32-16-14-27/h3,5-10,17,22,29H,2,4,11-16H2,1H3/b23-21+. The van der Waals surface area contributed by atoms with Crippen molar-refractivity contribution in [3.63, 3.8) is 0 Å². The topological polar surface area (TPSA) is 92.2 Å². The van der Waals surface area contributed by atoms with Gasteiger partial charge < -0.3 is 19.5 Å². The minimum absolute atomic E-state index is 0.0891. The van der Waals surface area contributed by atoms with Crippen LogP contribution in [-0.4, -0.2) is 77.6 Å². The number of aliphatic hydroxyl groups excluding tert-OH is 1. The van der Waals surface area contributed by atoms with E-state index in [1.54, 1.807) is 53.7 Å². The molecule has 2 fully saturated rings. The number of aliphatic hydroxyl groups is 1. The molecule has 0 bridgehead atoms. The third kappa shape index (κ3) is 5.07. The highest BCUT2D eigenvalue weighted by Crippen LogP contribution is 2.39. The number of rotatable bonds is 8. The molecule has 1 N–H and O–H groups in total. The Hall–Kier alpha value is -3.23. The third-order valence-electron chi connectivity index (χ3n) is 5.96. The quantitative estimate of drug-likeness (QED) is 0.375. The summed E-state index contributed by atoms with van der Waals surface area (Å²) in [7, 11) is 0. The van der Waals surface area contributed by atoms with Gasteiger partial charge in [-0.15, -0.1) is 0 Å². The number of morpholine rings is 1. The predicted octanol–water partition coefficient (Wildman–Crippen LogP) is 2.62. The van der Waals surface area contributed by atoms with E-state index < -0.39 is 17.7 Å². The van der Waals surface area contributed by atoms with Gasteiger partial charge in [0, 0.05) is 44.1 Å². The molecule has 8 nitrogen and oxygen atoms in total. The van der Waals surface area contributed by atoms with Crippen molar-refractivity contribution in [2.75, 3.05) is 46.0 Å². The number of amides is 1. The first-order valence-electron chi connectivity index (χ1n) is 11.3. The Morgan fingerprint density at radius 1 is 1.15 bits per heavy atom. The van der Waals surface area contributed by atoms with Gasteiger partial charge in [-0.25, -0.2) is 0 Å². The smallest absolute Gasteiger partial charge is 0.295 e. The Morgan fingerprint density at radius 3 is 2.64 bits per heavy atom. The average molecular weight is 452 g/mol. The summed E-state index contributed by atoms with van der Waals surface area (Å²) in [6.45, 7) is 6.72. The van der Waals surface area contributed by atoms with Crippen LogP contribution in [0.5, 0.6) is 5.75 Å². The monoisotopic (exact) mass is 451 g/mol. The van der Waals surface area contributed by atoms with Crippen LogP contribution in [0, 0.1) is 0 Å². The van der Waals surface area contributed by atoms with Crippen molar-refractivity contribution in [1.29, 1.82) is 0 Å². The minimum Gasteiger partial charge on any atom is -0.507 e. The largest absolute Gasteiger partial charge is 0.507 e. The Balaban J connectivity index is 1.65. The molecule has 2 aromatic rings.